The molecule has 1 unspecified atom stereocenters. The van der Waals surface area contributed by atoms with E-state index in [-0.39, 0.29) is 29.7 Å². The second-order valence-corrected chi connectivity index (χ2v) is 9.79. The number of anilines is 1. The summed E-state index contributed by atoms with van der Waals surface area (Å²) in [4.78, 5) is 2.26. The minimum absolute atomic E-state index is 0.0919. The van der Waals surface area contributed by atoms with Crippen LogP contribution in [0.1, 0.15) is 53.4 Å². The zero-order valence-electron chi connectivity index (χ0n) is 20.5. The van der Waals surface area contributed by atoms with Gasteiger partial charge in [-0.05, 0) is 78.1 Å². The van der Waals surface area contributed by atoms with Crippen molar-refractivity contribution < 1.29 is 19.0 Å². The number of ether oxygens (including phenoxy) is 2. The van der Waals surface area contributed by atoms with Gasteiger partial charge in [-0.25, -0.2) is 4.39 Å². The molecule has 0 aromatic heterocycles. The molecule has 2 aliphatic rings. The van der Waals surface area contributed by atoms with E-state index in [9.17, 15) is 5.11 Å². The highest BCUT2D eigenvalue weighted by molar-refractivity contribution is 5.53. The summed E-state index contributed by atoms with van der Waals surface area (Å²) >= 11 is 0. The number of phenols is 1. The predicted octanol–water partition coefficient (Wildman–Crippen LogP) is 6.23. The average Bonchev–Trinajstić information content (AvgIpc) is 2.89. The summed E-state index contributed by atoms with van der Waals surface area (Å²) in [5.74, 6) is 0.550. The van der Waals surface area contributed by atoms with Crippen LogP contribution in [0.5, 0.6) is 5.75 Å². The van der Waals surface area contributed by atoms with Gasteiger partial charge in [-0.1, -0.05) is 42.5 Å². The fraction of sp³-hybridized carbons (Fsp3) is 0.400. The summed E-state index contributed by atoms with van der Waals surface area (Å²) in [5.41, 5.74) is 5.10. The first-order chi connectivity index (χ1) is 17.1. The number of fused-ring (bicyclic) bond motifs is 1. The third-order valence-electron chi connectivity index (χ3n) is 7.89. The number of aromatic hydroxyl groups is 1. The molecular formula is C30H34FNO3. The molecule has 1 saturated heterocycles. The molecule has 0 spiro atoms. The average molecular weight is 476 g/mol. The largest absolute Gasteiger partial charge is 0.508 e. The van der Waals surface area contributed by atoms with Gasteiger partial charge in [0.25, 0.3) is 0 Å². The van der Waals surface area contributed by atoms with Gasteiger partial charge in [0.05, 0.1) is 0 Å². The van der Waals surface area contributed by atoms with Crippen LogP contribution in [0.15, 0.2) is 66.7 Å². The van der Waals surface area contributed by atoms with Gasteiger partial charge in [0.1, 0.15) is 11.6 Å². The zero-order valence-corrected chi connectivity index (χ0v) is 20.5. The van der Waals surface area contributed by atoms with E-state index in [1.807, 2.05) is 24.3 Å². The lowest BCUT2D eigenvalue weighted by molar-refractivity contribution is -0.141. The molecule has 0 radical (unpaired) electrons. The SMILES string of the molecule is COC(OC)C1CCN(c2ccc([C@@H]3c4ccc(O)cc4CCC3c3ccccc3)c(F)c2)CC1. The van der Waals surface area contributed by atoms with Crippen molar-refractivity contribution in [2.75, 3.05) is 32.2 Å². The predicted molar refractivity (Wildman–Crippen MR) is 137 cm³/mol. The summed E-state index contributed by atoms with van der Waals surface area (Å²) in [6.07, 6.45) is 3.51. The summed E-state index contributed by atoms with van der Waals surface area (Å²) in [7, 11) is 3.37. The van der Waals surface area contributed by atoms with Crippen molar-refractivity contribution in [1.29, 1.82) is 0 Å². The topological polar surface area (TPSA) is 41.9 Å². The lowest BCUT2D eigenvalue weighted by Gasteiger charge is -2.37. The fourth-order valence-corrected chi connectivity index (χ4v) is 6.13. The Balaban J connectivity index is 1.44. The zero-order chi connectivity index (χ0) is 24.4. The maximum Gasteiger partial charge on any atom is 0.159 e. The van der Waals surface area contributed by atoms with Crippen LogP contribution in [0.25, 0.3) is 0 Å². The van der Waals surface area contributed by atoms with Gasteiger partial charge in [-0.15, -0.1) is 0 Å². The molecule has 0 bridgehead atoms. The van der Waals surface area contributed by atoms with E-state index in [0.29, 0.717) is 5.92 Å². The van der Waals surface area contributed by atoms with Crippen molar-refractivity contribution in [2.24, 2.45) is 5.92 Å². The number of benzene rings is 3. The lowest BCUT2D eigenvalue weighted by atomic mass is 9.69. The maximum absolute atomic E-state index is 15.9. The van der Waals surface area contributed by atoms with Gasteiger partial charge in [0.15, 0.2) is 6.29 Å². The summed E-state index contributed by atoms with van der Waals surface area (Å²) in [6, 6.07) is 21.7. The number of hydrogen-bond acceptors (Lipinski definition) is 4. The van der Waals surface area contributed by atoms with Crippen molar-refractivity contribution >= 4 is 5.69 Å². The molecule has 5 rings (SSSR count). The second kappa shape index (κ2) is 10.4. The Kier molecular flexibility index (Phi) is 7.07. The van der Waals surface area contributed by atoms with Crippen LogP contribution in [-0.4, -0.2) is 38.7 Å². The van der Waals surface area contributed by atoms with Crippen LogP contribution in [0.3, 0.4) is 0 Å². The van der Waals surface area contributed by atoms with E-state index in [1.54, 1.807) is 26.4 Å². The quantitative estimate of drug-likeness (QED) is 0.429. The lowest BCUT2D eigenvalue weighted by Crippen LogP contribution is -2.39. The Hall–Kier alpha value is -2.89. The highest BCUT2D eigenvalue weighted by atomic mass is 19.1. The molecule has 3 aromatic rings. The van der Waals surface area contributed by atoms with Crippen molar-refractivity contribution in [3.8, 4) is 5.75 Å². The van der Waals surface area contributed by atoms with E-state index >= 15 is 4.39 Å². The summed E-state index contributed by atoms with van der Waals surface area (Å²) in [5, 5.41) is 10.1. The number of nitrogens with zero attached hydrogens (tertiary/aromatic N) is 1. The molecular weight excluding hydrogens is 441 g/mol. The van der Waals surface area contributed by atoms with Crippen molar-refractivity contribution in [3.05, 3.63) is 94.8 Å². The molecule has 1 fully saturated rings. The highest BCUT2D eigenvalue weighted by Crippen LogP contribution is 2.48. The molecule has 1 aliphatic heterocycles. The van der Waals surface area contributed by atoms with E-state index in [1.165, 1.54) is 5.56 Å². The van der Waals surface area contributed by atoms with Crippen LogP contribution in [0, 0.1) is 11.7 Å². The number of halogens is 1. The van der Waals surface area contributed by atoms with Crippen molar-refractivity contribution in [2.45, 2.75) is 43.8 Å². The van der Waals surface area contributed by atoms with Gasteiger partial charge < -0.3 is 19.5 Å². The third-order valence-corrected chi connectivity index (χ3v) is 7.89. The number of methoxy groups -OCH3 is 2. The molecule has 184 valence electrons. The van der Waals surface area contributed by atoms with Crippen LogP contribution < -0.4 is 4.90 Å². The fourth-order valence-electron chi connectivity index (χ4n) is 6.13. The smallest absolute Gasteiger partial charge is 0.159 e. The first-order valence-corrected chi connectivity index (χ1v) is 12.6. The Morgan fingerprint density at radius 2 is 1.60 bits per heavy atom. The third kappa shape index (κ3) is 4.80. The molecule has 0 amide bonds. The van der Waals surface area contributed by atoms with Crippen LogP contribution in [0.2, 0.25) is 0 Å². The van der Waals surface area contributed by atoms with Crippen molar-refractivity contribution in [3.63, 3.8) is 0 Å². The highest BCUT2D eigenvalue weighted by Gasteiger charge is 2.34. The summed E-state index contributed by atoms with van der Waals surface area (Å²) < 4.78 is 26.7. The van der Waals surface area contributed by atoms with E-state index in [2.05, 4.69) is 35.2 Å². The standard InChI is InChI=1S/C30H34FNO3/c1-34-30(35-2)21-14-16-32(17-15-21)23-9-12-27(28(31)19-23)29-25(20-6-4-3-5-7-20)11-8-22-18-24(33)10-13-26(22)29/h3-7,9-10,12-13,18-19,21,25,29-30,33H,8,11,14-17H2,1-2H3/t25?,29-/m0/s1. The normalized spacial score (nSPS) is 20.7. The molecule has 4 nitrogen and oxygen atoms in total. The van der Waals surface area contributed by atoms with Gasteiger partial charge in [0.2, 0.25) is 0 Å². The van der Waals surface area contributed by atoms with Crippen LogP contribution >= 0.6 is 0 Å². The number of piperidine rings is 1. The molecule has 2 atom stereocenters. The monoisotopic (exact) mass is 475 g/mol. The van der Waals surface area contributed by atoms with E-state index in [0.717, 1.165) is 61.2 Å². The first kappa shape index (κ1) is 23.8. The molecule has 1 heterocycles. The Morgan fingerprint density at radius 3 is 2.29 bits per heavy atom. The molecule has 0 saturated carbocycles. The minimum Gasteiger partial charge on any atom is -0.508 e. The number of hydrogen-bond donors (Lipinski definition) is 1. The molecule has 1 N–H and O–H groups in total. The minimum atomic E-state index is -0.183. The first-order valence-electron chi connectivity index (χ1n) is 12.6. The molecule has 3 aromatic carbocycles. The Morgan fingerprint density at radius 1 is 0.886 bits per heavy atom. The number of phenolic OH excluding ortho intramolecular Hbond substituents is 1. The molecule has 35 heavy (non-hydrogen) atoms. The van der Waals surface area contributed by atoms with Gasteiger partial charge in [-0.3, -0.25) is 0 Å². The van der Waals surface area contributed by atoms with E-state index in [4.69, 9.17) is 9.47 Å². The van der Waals surface area contributed by atoms with Crippen LogP contribution in [0.4, 0.5) is 10.1 Å². The number of rotatable bonds is 6. The number of aryl methyl sites for hydroxylation is 1. The van der Waals surface area contributed by atoms with E-state index < -0.39 is 0 Å². The van der Waals surface area contributed by atoms with Gasteiger partial charge >= 0.3 is 0 Å². The Labute approximate surface area is 207 Å². The Bertz CT molecular complexity index is 1140. The van der Waals surface area contributed by atoms with Crippen molar-refractivity contribution in [1.82, 2.24) is 0 Å². The van der Waals surface area contributed by atoms with Gasteiger partial charge in [0, 0.05) is 44.8 Å². The maximum atomic E-state index is 15.9. The molecule has 5 heteroatoms. The summed E-state index contributed by atoms with van der Waals surface area (Å²) in [6.45, 7) is 1.70. The second-order valence-electron chi connectivity index (χ2n) is 9.79. The molecule has 1 aliphatic carbocycles. The van der Waals surface area contributed by atoms with Gasteiger partial charge in [-0.2, -0.15) is 0 Å². The van der Waals surface area contributed by atoms with Crippen LogP contribution in [-0.2, 0) is 15.9 Å².